The predicted octanol–water partition coefficient (Wildman–Crippen LogP) is 4.48. The summed E-state index contributed by atoms with van der Waals surface area (Å²) in [5.74, 6) is 0.693. The van der Waals surface area contributed by atoms with Gasteiger partial charge in [-0.3, -0.25) is 19.4 Å². The largest absolute Gasteiger partial charge is 0.469 e. The maximum atomic E-state index is 10.2. The summed E-state index contributed by atoms with van der Waals surface area (Å²) in [6.07, 6.45) is -0.115. The molecule has 0 bridgehead atoms. The molecule has 0 atom stereocenters. The van der Waals surface area contributed by atoms with E-state index in [1.165, 1.54) is 19.6 Å². The van der Waals surface area contributed by atoms with Gasteiger partial charge < -0.3 is 4.74 Å². The van der Waals surface area contributed by atoms with Gasteiger partial charge in [0.2, 0.25) is 0 Å². The molecule has 2 rings (SSSR count). The molecular weight excluding hydrogens is 296 g/mol. The molecule has 1 aliphatic heterocycles. The highest BCUT2D eigenvalue weighted by atomic mass is 17.2. The summed E-state index contributed by atoms with van der Waals surface area (Å²) >= 11 is 0. The second kappa shape index (κ2) is 13.4. The summed E-state index contributed by atoms with van der Waals surface area (Å²) in [7, 11) is 1.26. The van der Waals surface area contributed by atoms with Crippen LogP contribution >= 0.6 is 0 Å². The summed E-state index contributed by atoms with van der Waals surface area (Å²) in [5, 5.41) is 0. The molecule has 5 heteroatoms. The fraction of sp³-hybridized carbons (Fsp3) is 0.444. The van der Waals surface area contributed by atoms with E-state index < -0.39 is 5.97 Å². The smallest absolute Gasteiger partial charge is 0.313 e. The first kappa shape index (κ1) is 23.0. The first-order chi connectivity index (χ1) is 10.9. The van der Waals surface area contributed by atoms with Gasteiger partial charge in [0.1, 0.15) is 12.2 Å². The Balaban J connectivity index is 0. The lowest BCUT2D eigenvalue weighted by molar-refractivity contribution is -0.142. The van der Waals surface area contributed by atoms with Crippen molar-refractivity contribution in [3.8, 4) is 5.75 Å². The van der Waals surface area contributed by atoms with Gasteiger partial charge in [0.15, 0.2) is 11.5 Å². The highest BCUT2D eigenvalue weighted by molar-refractivity contribution is 5.93. The van der Waals surface area contributed by atoms with Crippen LogP contribution in [0.4, 0.5) is 0 Å². The molecule has 0 fully saturated rings. The minimum absolute atomic E-state index is 0.115. The van der Waals surface area contributed by atoms with Gasteiger partial charge in [0.25, 0.3) is 0 Å². The lowest BCUT2D eigenvalue weighted by Gasteiger charge is -1.92. The molecule has 0 aromatic heterocycles. The third-order valence-corrected chi connectivity index (χ3v) is 2.29. The van der Waals surface area contributed by atoms with Gasteiger partial charge in [-0.05, 0) is 26.0 Å². The van der Waals surface area contributed by atoms with E-state index in [2.05, 4.69) is 11.3 Å². The number of esters is 1. The first-order valence-corrected chi connectivity index (χ1v) is 7.64. The monoisotopic (exact) mass is 324 g/mol. The van der Waals surface area contributed by atoms with Crippen LogP contribution in [-0.2, 0) is 19.2 Å². The molecule has 0 saturated carbocycles. The number of hydrogen-bond acceptors (Lipinski definition) is 5. The van der Waals surface area contributed by atoms with Crippen LogP contribution in [0.2, 0.25) is 0 Å². The van der Waals surface area contributed by atoms with E-state index in [9.17, 15) is 9.59 Å². The van der Waals surface area contributed by atoms with Crippen molar-refractivity contribution in [3.05, 3.63) is 35.9 Å². The van der Waals surface area contributed by atoms with Crippen molar-refractivity contribution in [1.82, 2.24) is 0 Å². The highest BCUT2D eigenvalue weighted by Gasteiger charge is 2.17. The van der Waals surface area contributed by atoms with Crippen molar-refractivity contribution in [2.45, 2.75) is 48.0 Å². The minimum atomic E-state index is -0.475. The summed E-state index contributed by atoms with van der Waals surface area (Å²) in [6, 6.07) is 5.84. The van der Waals surface area contributed by atoms with Gasteiger partial charge >= 0.3 is 5.97 Å². The maximum Gasteiger partial charge on any atom is 0.313 e. The molecule has 23 heavy (non-hydrogen) atoms. The molecule has 0 radical (unpaired) electrons. The SMILES string of the molecule is C=C1OOc2ccc(C)cc21.CC.CC.COC(=O)CC(C)=O. The number of rotatable bonds is 2. The Hall–Kier alpha value is -2.30. The lowest BCUT2D eigenvalue weighted by atomic mass is 10.1. The second-order valence-electron chi connectivity index (χ2n) is 4.04. The van der Waals surface area contributed by atoms with Crippen molar-refractivity contribution in [1.29, 1.82) is 0 Å². The van der Waals surface area contributed by atoms with Crippen molar-refractivity contribution in [2.24, 2.45) is 0 Å². The van der Waals surface area contributed by atoms with E-state index in [0.717, 1.165) is 11.3 Å². The number of carbonyl (C=O) groups excluding carboxylic acids is 2. The number of carbonyl (C=O) groups is 2. The second-order valence-corrected chi connectivity index (χ2v) is 4.04. The zero-order chi connectivity index (χ0) is 18.4. The van der Waals surface area contributed by atoms with Gasteiger partial charge in [-0.1, -0.05) is 45.9 Å². The molecule has 1 aliphatic rings. The fourth-order valence-corrected chi connectivity index (χ4v) is 1.35. The normalized spacial score (nSPS) is 9.96. The summed E-state index contributed by atoms with van der Waals surface area (Å²) in [6.45, 7) is 15.1. The molecule has 130 valence electrons. The molecule has 5 nitrogen and oxygen atoms in total. The number of fused-ring (bicyclic) bond motifs is 1. The Morgan fingerprint density at radius 2 is 1.70 bits per heavy atom. The third kappa shape index (κ3) is 9.34. The first-order valence-electron chi connectivity index (χ1n) is 7.64. The van der Waals surface area contributed by atoms with Crippen LogP contribution in [0.25, 0.3) is 5.76 Å². The van der Waals surface area contributed by atoms with E-state index in [1.807, 2.05) is 52.8 Å². The molecule has 0 saturated heterocycles. The van der Waals surface area contributed by atoms with Crippen molar-refractivity contribution < 1.29 is 24.1 Å². The van der Waals surface area contributed by atoms with E-state index >= 15 is 0 Å². The van der Waals surface area contributed by atoms with Crippen molar-refractivity contribution >= 4 is 17.5 Å². The van der Waals surface area contributed by atoms with Crippen LogP contribution in [0.3, 0.4) is 0 Å². The number of ketones is 1. The molecule has 0 aliphatic carbocycles. The zero-order valence-electron chi connectivity index (χ0n) is 15.2. The van der Waals surface area contributed by atoms with E-state index in [-0.39, 0.29) is 12.2 Å². The average molecular weight is 324 g/mol. The maximum absolute atomic E-state index is 10.2. The Kier molecular flexibility index (Phi) is 13.4. The number of ether oxygens (including phenoxy) is 1. The minimum Gasteiger partial charge on any atom is -0.469 e. The van der Waals surface area contributed by atoms with Gasteiger partial charge in [0.05, 0.1) is 12.7 Å². The molecule has 0 unspecified atom stereocenters. The Morgan fingerprint density at radius 1 is 1.13 bits per heavy atom. The fourth-order valence-electron chi connectivity index (χ4n) is 1.35. The van der Waals surface area contributed by atoms with E-state index in [1.54, 1.807) is 0 Å². The number of Topliss-reactive ketones (excluding diaryl/α,β-unsaturated/α-hetero) is 1. The van der Waals surface area contributed by atoms with E-state index in [4.69, 9.17) is 9.78 Å². The molecule has 0 amide bonds. The van der Waals surface area contributed by atoms with Crippen molar-refractivity contribution in [2.75, 3.05) is 7.11 Å². The molecule has 1 aromatic rings. The summed E-state index contributed by atoms with van der Waals surface area (Å²) < 4.78 is 4.20. The third-order valence-electron chi connectivity index (χ3n) is 2.29. The van der Waals surface area contributed by atoms with Crippen molar-refractivity contribution in [3.63, 3.8) is 0 Å². The summed E-state index contributed by atoms with van der Waals surface area (Å²) in [5.41, 5.74) is 2.13. The molecule has 0 N–H and O–H groups in total. The van der Waals surface area contributed by atoms with Crippen LogP contribution in [0, 0.1) is 6.92 Å². The van der Waals surface area contributed by atoms with Gasteiger partial charge in [0, 0.05) is 0 Å². The van der Waals surface area contributed by atoms with Crippen LogP contribution in [0.5, 0.6) is 5.75 Å². The van der Waals surface area contributed by atoms with Crippen LogP contribution in [0.1, 0.15) is 52.2 Å². The van der Waals surface area contributed by atoms with Gasteiger partial charge in [-0.15, -0.1) is 0 Å². The standard InChI is InChI=1S/C9H8O2.C5H8O3.2C2H6/c1-6-3-4-9-8(5-6)7(2)10-11-9;1-4(6)3-5(7)8-2;2*1-2/h3-5H,2H2,1H3;3H2,1-2H3;2*1-2H3. The highest BCUT2D eigenvalue weighted by Crippen LogP contribution is 2.33. The molecule has 0 spiro atoms. The quantitative estimate of drug-likeness (QED) is 0.456. The Bertz CT molecular complexity index is 506. The number of aryl methyl sites for hydroxylation is 1. The van der Waals surface area contributed by atoms with Crippen LogP contribution in [-0.4, -0.2) is 18.9 Å². The predicted molar refractivity (Wildman–Crippen MR) is 91.9 cm³/mol. The molecule has 1 heterocycles. The van der Waals surface area contributed by atoms with Crippen LogP contribution < -0.4 is 4.89 Å². The zero-order valence-corrected chi connectivity index (χ0v) is 15.2. The van der Waals surface area contributed by atoms with Crippen LogP contribution in [0.15, 0.2) is 24.8 Å². The molecular formula is C18H28O5. The molecule has 1 aromatic carbocycles. The van der Waals surface area contributed by atoms with Gasteiger partial charge in [-0.25, -0.2) is 0 Å². The topological polar surface area (TPSA) is 61.8 Å². The number of benzene rings is 1. The van der Waals surface area contributed by atoms with Gasteiger partial charge in [-0.2, -0.15) is 0 Å². The number of hydrogen-bond donors (Lipinski definition) is 0. The number of methoxy groups -OCH3 is 1. The average Bonchev–Trinajstić information content (AvgIpc) is 2.92. The van der Waals surface area contributed by atoms with E-state index in [0.29, 0.717) is 5.76 Å². The Labute approximate surface area is 139 Å². The lowest BCUT2D eigenvalue weighted by Crippen LogP contribution is -2.05. The Morgan fingerprint density at radius 3 is 2.13 bits per heavy atom. The summed E-state index contributed by atoms with van der Waals surface area (Å²) in [4.78, 5) is 29.9.